The molecule has 132 valence electrons. The number of benzene rings is 1. The van der Waals surface area contributed by atoms with Crippen LogP contribution in [0.5, 0.6) is 0 Å². The monoisotopic (exact) mass is 341 g/mol. The fourth-order valence-corrected chi connectivity index (χ4v) is 3.64. The minimum atomic E-state index is -0.528. The van der Waals surface area contributed by atoms with Crippen LogP contribution in [-0.4, -0.2) is 28.5 Å². The van der Waals surface area contributed by atoms with Crippen molar-refractivity contribution >= 4 is 12.1 Å². The number of hydrogen-bond acceptors (Lipinski definition) is 4. The predicted molar refractivity (Wildman–Crippen MR) is 97.4 cm³/mol. The first kappa shape index (κ1) is 17.2. The zero-order chi connectivity index (χ0) is 18.0. The topological polar surface area (TPSA) is 64.3 Å². The van der Waals surface area contributed by atoms with Crippen LogP contribution in [-0.2, 0) is 20.5 Å². The average Bonchev–Trinajstić information content (AvgIpc) is 2.64. The zero-order valence-corrected chi connectivity index (χ0v) is 14.6. The lowest BCUT2D eigenvalue weighted by Crippen LogP contribution is -2.45. The van der Waals surface area contributed by atoms with Gasteiger partial charge in [-0.25, -0.2) is 4.79 Å². The Balaban J connectivity index is 1.81. The summed E-state index contributed by atoms with van der Waals surface area (Å²) in [6.07, 6.45) is 3.53. The molecule has 3 rings (SSSR count). The molecule has 2 aromatic rings. The number of rotatable bonds is 4. The van der Waals surface area contributed by atoms with Crippen molar-refractivity contribution in [1.29, 1.82) is 0 Å². The van der Waals surface area contributed by atoms with Crippen LogP contribution in [0.1, 0.15) is 28.8 Å². The van der Waals surface area contributed by atoms with Gasteiger partial charge in [0, 0.05) is 27.2 Å². The molecule has 1 aromatic heterocycles. The highest BCUT2D eigenvalue weighted by molar-refractivity contribution is 5.82. The van der Waals surface area contributed by atoms with Crippen LogP contribution >= 0.6 is 0 Å². The van der Waals surface area contributed by atoms with Crippen LogP contribution in [0.15, 0.2) is 39.9 Å². The van der Waals surface area contributed by atoms with Gasteiger partial charge in [-0.2, -0.15) is 0 Å². The van der Waals surface area contributed by atoms with E-state index in [2.05, 4.69) is 24.3 Å². The summed E-state index contributed by atoms with van der Waals surface area (Å²) in [5, 5.41) is 0. The van der Waals surface area contributed by atoms with E-state index in [4.69, 9.17) is 0 Å². The smallest absolute Gasteiger partial charge is 0.332 e. The van der Waals surface area contributed by atoms with E-state index in [1.54, 1.807) is 7.05 Å². The summed E-state index contributed by atoms with van der Waals surface area (Å²) in [4.78, 5) is 37.9. The Bertz CT molecular complexity index is 875. The molecular weight excluding hydrogens is 318 g/mol. The molecule has 0 spiro atoms. The normalized spacial score (nSPS) is 15.4. The second kappa shape index (κ2) is 7.09. The molecule has 25 heavy (non-hydrogen) atoms. The van der Waals surface area contributed by atoms with Gasteiger partial charge in [-0.1, -0.05) is 30.3 Å². The van der Waals surface area contributed by atoms with E-state index < -0.39 is 11.2 Å². The molecule has 6 heteroatoms. The van der Waals surface area contributed by atoms with E-state index in [0.29, 0.717) is 18.0 Å². The Morgan fingerprint density at radius 2 is 1.68 bits per heavy atom. The molecule has 1 saturated heterocycles. The maximum Gasteiger partial charge on any atom is 0.332 e. The van der Waals surface area contributed by atoms with Gasteiger partial charge >= 0.3 is 5.69 Å². The Labute approximate surface area is 146 Å². The predicted octanol–water partition coefficient (Wildman–Crippen LogP) is 1.36. The first-order valence-electron chi connectivity index (χ1n) is 8.57. The van der Waals surface area contributed by atoms with E-state index in [0.717, 1.165) is 36.9 Å². The SMILES string of the molecule is Cn1c(N2CCC(Cc3ccccc3)CC2)c(C=O)c(=O)n(C)c1=O. The first-order chi connectivity index (χ1) is 12.0. The Kier molecular flexibility index (Phi) is 4.88. The number of aromatic nitrogens is 2. The zero-order valence-electron chi connectivity index (χ0n) is 14.6. The molecule has 0 unspecified atom stereocenters. The molecule has 1 fully saturated rings. The number of hydrogen-bond donors (Lipinski definition) is 0. The second-order valence-corrected chi connectivity index (χ2v) is 6.68. The third-order valence-corrected chi connectivity index (χ3v) is 5.07. The van der Waals surface area contributed by atoms with Gasteiger partial charge in [0.15, 0.2) is 6.29 Å². The third kappa shape index (κ3) is 3.29. The Hall–Kier alpha value is -2.63. The number of carbonyl (C=O) groups is 1. The maximum absolute atomic E-state index is 12.2. The van der Waals surface area contributed by atoms with Crippen molar-refractivity contribution in [3.05, 3.63) is 62.3 Å². The summed E-state index contributed by atoms with van der Waals surface area (Å²) >= 11 is 0. The standard InChI is InChI=1S/C19H23N3O3/c1-20-17(16(13-23)18(24)21(2)19(20)25)22-10-8-15(9-11-22)12-14-6-4-3-5-7-14/h3-7,13,15H,8-12H2,1-2H3. The molecule has 1 aliphatic heterocycles. The second-order valence-electron chi connectivity index (χ2n) is 6.68. The van der Waals surface area contributed by atoms with Crippen LogP contribution in [0.25, 0.3) is 0 Å². The van der Waals surface area contributed by atoms with Crippen molar-refractivity contribution in [3.8, 4) is 0 Å². The highest BCUT2D eigenvalue weighted by Crippen LogP contribution is 2.25. The highest BCUT2D eigenvalue weighted by Gasteiger charge is 2.25. The minimum absolute atomic E-state index is 0.0612. The van der Waals surface area contributed by atoms with Crippen LogP contribution in [0.4, 0.5) is 5.82 Å². The molecule has 0 aliphatic carbocycles. The van der Waals surface area contributed by atoms with E-state index in [1.165, 1.54) is 17.2 Å². The number of piperidine rings is 1. The van der Waals surface area contributed by atoms with Gasteiger partial charge in [0.05, 0.1) is 0 Å². The van der Waals surface area contributed by atoms with Gasteiger partial charge in [0.1, 0.15) is 11.4 Å². The van der Waals surface area contributed by atoms with E-state index in [1.807, 2.05) is 11.0 Å². The number of anilines is 1. The molecule has 6 nitrogen and oxygen atoms in total. The lowest BCUT2D eigenvalue weighted by atomic mass is 9.90. The Morgan fingerprint density at radius 3 is 2.28 bits per heavy atom. The molecule has 0 N–H and O–H groups in total. The quantitative estimate of drug-likeness (QED) is 0.788. The van der Waals surface area contributed by atoms with Crippen molar-refractivity contribution in [1.82, 2.24) is 9.13 Å². The molecule has 0 saturated carbocycles. The van der Waals surface area contributed by atoms with Gasteiger partial charge < -0.3 is 4.90 Å². The van der Waals surface area contributed by atoms with Gasteiger partial charge in [-0.05, 0) is 30.7 Å². The van der Waals surface area contributed by atoms with Crippen LogP contribution in [0.3, 0.4) is 0 Å². The fraction of sp³-hybridized carbons (Fsp3) is 0.421. The van der Waals surface area contributed by atoms with Gasteiger partial charge in [-0.15, -0.1) is 0 Å². The summed E-state index contributed by atoms with van der Waals surface area (Å²) in [7, 11) is 3.01. The number of carbonyl (C=O) groups excluding carboxylic acids is 1. The van der Waals surface area contributed by atoms with E-state index in [-0.39, 0.29) is 5.56 Å². The van der Waals surface area contributed by atoms with Crippen LogP contribution < -0.4 is 16.1 Å². The highest BCUT2D eigenvalue weighted by atomic mass is 16.2. The van der Waals surface area contributed by atoms with Crippen molar-refractivity contribution in [2.45, 2.75) is 19.3 Å². The largest absolute Gasteiger partial charge is 0.357 e. The van der Waals surface area contributed by atoms with Gasteiger partial charge in [-0.3, -0.25) is 18.7 Å². The minimum Gasteiger partial charge on any atom is -0.357 e. The van der Waals surface area contributed by atoms with Crippen molar-refractivity contribution < 1.29 is 4.79 Å². The lowest BCUT2D eigenvalue weighted by molar-refractivity contribution is 0.112. The molecule has 0 bridgehead atoms. The molecule has 1 aliphatic rings. The maximum atomic E-state index is 12.2. The van der Waals surface area contributed by atoms with Crippen molar-refractivity contribution in [3.63, 3.8) is 0 Å². The Morgan fingerprint density at radius 1 is 1.04 bits per heavy atom. The third-order valence-electron chi connectivity index (χ3n) is 5.07. The molecule has 0 radical (unpaired) electrons. The lowest BCUT2D eigenvalue weighted by Gasteiger charge is -2.35. The van der Waals surface area contributed by atoms with E-state index in [9.17, 15) is 14.4 Å². The number of aldehydes is 1. The first-order valence-corrected chi connectivity index (χ1v) is 8.57. The summed E-state index contributed by atoms with van der Waals surface area (Å²) in [6.45, 7) is 1.47. The van der Waals surface area contributed by atoms with Crippen molar-refractivity contribution in [2.24, 2.45) is 20.0 Å². The molecule has 1 aromatic carbocycles. The van der Waals surface area contributed by atoms with E-state index >= 15 is 0 Å². The molecular formula is C19H23N3O3. The summed E-state index contributed by atoms with van der Waals surface area (Å²) in [6, 6.07) is 10.4. The number of nitrogens with zero attached hydrogens (tertiary/aromatic N) is 3. The summed E-state index contributed by atoms with van der Waals surface area (Å²) in [5.41, 5.74) is 0.457. The average molecular weight is 341 g/mol. The summed E-state index contributed by atoms with van der Waals surface area (Å²) < 4.78 is 2.39. The van der Waals surface area contributed by atoms with Gasteiger partial charge in [0.25, 0.3) is 5.56 Å². The molecule has 2 heterocycles. The van der Waals surface area contributed by atoms with Crippen molar-refractivity contribution in [2.75, 3.05) is 18.0 Å². The fourth-order valence-electron chi connectivity index (χ4n) is 3.64. The van der Waals surface area contributed by atoms with Crippen LogP contribution in [0.2, 0.25) is 0 Å². The van der Waals surface area contributed by atoms with Crippen LogP contribution in [0, 0.1) is 5.92 Å². The molecule has 0 amide bonds. The molecule has 0 atom stereocenters. The summed E-state index contributed by atoms with van der Waals surface area (Å²) in [5.74, 6) is 1.02. The van der Waals surface area contributed by atoms with Gasteiger partial charge in [0.2, 0.25) is 0 Å².